The number of carbonyl (C=O) groups excluding carboxylic acids is 3. The Morgan fingerprint density at radius 1 is 1.04 bits per heavy atom. The summed E-state index contributed by atoms with van der Waals surface area (Å²) in [5.41, 5.74) is 2.54. The van der Waals surface area contributed by atoms with Crippen LogP contribution in [0.2, 0.25) is 0 Å². The van der Waals surface area contributed by atoms with Crippen molar-refractivity contribution in [1.82, 2.24) is 5.06 Å². The molecule has 6 heteroatoms. The first-order valence-corrected chi connectivity index (χ1v) is 8.03. The van der Waals surface area contributed by atoms with E-state index in [0.717, 1.165) is 17.5 Å². The molecule has 0 saturated heterocycles. The van der Waals surface area contributed by atoms with Crippen molar-refractivity contribution in [3.8, 4) is 0 Å². The summed E-state index contributed by atoms with van der Waals surface area (Å²) in [7, 11) is 0. The van der Waals surface area contributed by atoms with Gasteiger partial charge >= 0.3 is 5.97 Å². The molecule has 2 aromatic rings. The predicted molar refractivity (Wildman–Crippen MR) is 86.5 cm³/mol. The molecule has 0 radical (unpaired) electrons. The lowest BCUT2D eigenvalue weighted by Gasteiger charge is -2.25. The van der Waals surface area contributed by atoms with Crippen molar-refractivity contribution in [2.45, 2.75) is 18.9 Å². The van der Waals surface area contributed by atoms with Crippen LogP contribution in [0.3, 0.4) is 0 Å². The highest BCUT2D eigenvalue weighted by Gasteiger charge is 2.39. The van der Waals surface area contributed by atoms with Gasteiger partial charge in [-0.05, 0) is 29.7 Å². The number of rotatable bonds is 3. The summed E-state index contributed by atoms with van der Waals surface area (Å²) in [6.45, 7) is 0.516. The maximum atomic E-state index is 12.3. The van der Waals surface area contributed by atoms with Crippen molar-refractivity contribution in [3.63, 3.8) is 0 Å². The predicted octanol–water partition coefficient (Wildman–Crippen LogP) is 2.44. The molecule has 2 heterocycles. The van der Waals surface area contributed by atoms with Gasteiger partial charge in [-0.2, -0.15) is 0 Å². The van der Waals surface area contributed by atoms with Crippen LogP contribution in [0.25, 0.3) is 0 Å². The lowest BCUT2D eigenvalue weighted by molar-refractivity contribution is -0.172. The van der Waals surface area contributed by atoms with E-state index in [9.17, 15) is 14.4 Å². The largest absolute Gasteiger partial charge is 0.373 e. The first kappa shape index (κ1) is 15.5. The van der Waals surface area contributed by atoms with Gasteiger partial charge in [-0.25, -0.2) is 4.79 Å². The SMILES string of the molecule is O=C(CC1OCCc2ccccc21)ON1C(=O)c2ccccc2C1=O. The number of carbonyl (C=O) groups is 3. The fraction of sp³-hybridized carbons (Fsp3) is 0.211. The van der Waals surface area contributed by atoms with Crippen molar-refractivity contribution in [3.05, 3.63) is 70.8 Å². The molecule has 0 bridgehead atoms. The molecule has 6 nitrogen and oxygen atoms in total. The summed E-state index contributed by atoms with van der Waals surface area (Å²) < 4.78 is 5.67. The first-order valence-electron chi connectivity index (χ1n) is 8.03. The molecular weight excluding hydrogens is 322 g/mol. The van der Waals surface area contributed by atoms with Gasteiger partial charge in [0.25, 0.3) is 11.8 Å². The smallest absolute Gasteiger partial charge is 0.336 e. The van der Waals surface area contributed by atoms with Gasteiger partial charge in [-0.1, -0.05) is 41.5 Å². The second-order valence-electron chi connectivity index (χ2n) is 5.93. The molecule has 25 heavy (non-hydrogen) atoms. The minimum atomic E-state index is -0.684. The molecule has 1 unspecified atom stereocenters. The van der Waals surface area contributed by atoms with Crippen LogP contribution in [-0.4, -0.2) is 29.5 Å². The molecule has 0 aromatic heterocycles. The van der Waals surface area contributed by atoms with Crippen molar-refractivity contribution in [2.75, 3.05) is 6.61 Å². The van der Waals surface area contributed by atoms with Crippen LogP contribution in [0, 0.1) is 0 Å². The van der Waals surface area contributed by atoms with Crippen molar-refractivity contribution < 1.29 is 24.0 Å². The Morgan fingerprint density at radius 3 is 2.40 bits per heavy atom. The highest BCUT2D eigenvalue weighted by Crippen LogP contribution is 2.30. The van der Waals surface area contributed by atoms with E-state index in [-0.39, 0.29) is 17.5 Å². The molecule has 2 aliphatic heterocycles. The maximum Gasteiger partial charge on any atom is 0.336 e. The quantitative estimate of drug-likeness (QED) is 0.805. The normalized spacial score (nSPS) is 18.7. The van der Waals surface area contributed by atoms with Crippen LogP contribution in [-0.2, 0) is 20.8 Å². The van der Waals surface area contributed by atoms with Gasteiger partial charge in [0.2, 0.25) is 0 Å². The van der Waals surface area contributed by atoms with E-state index in [0.29, 0.717) is 11.7 Å². The third kappa shape index (κ3) is 2.70. The Balaban J connectivity index is 1.48. The van der Waals surface area contributed by atoms with Crippen LogP contribution >= 0.6 is 0 Å². The minimum absolute atomic E-state index is 0.0651. The highest BCUT2D eigenvalue weighted by molar-refractivity contribution is 6.20. The molecule has 0 N–H and O–H groups in total. The standard InChI is InChI=1S/C19H15NO5/c21-17(11-16-13-6-2-1-5-12(13)9-10-24-16)25-20-18(22)14-7-3-4-8-15(14)19(20)23/h1-8,16H,9-11H2. The summed E-state index contributed by atoms with van der Waals surface area (Å²) >= 11 is 0. The summed E-state index contributed by atoms with van der Waals surface area (Å²) in [5, 5.41) is 0.529. The molecule has 0 spiro atoms. The van der Waals surface area contributed by atoms with Crippen LogP contribution < -0.4 is 0 Å². The second kappa shape index (κ2) is 6.14. The Morgan fingerprint density at radius 2 is 1.68 bits per heavy atom. The molecule has 0 aliphatic carbocycles. The monoisotopic (exact) mass is 337 g/mol. The van der Waals surface area contributed by atoms with Crippen molar-refractivity contribution in [1.29, 1.82) is 0 Å². The number of hydrogen-bond acceptors (Lipinski definition) is 5. The zero-order chi connectivity index (χ0) is 17.4. The Labute approximate surface area is 143 Å². The van der Waals surface area contributed by atoms with Crippen molar-refractivity contribution >= 4 is 17.8 Å². The average molecular weight is 337 g/mol. The second-order valence-corrected chi connectivity index (χ2v) is 5.93. The van der Waals surface area contributed by atoms with E-state index in [1.54, 1.807) is 12.1 Å². The lowest BCUT2D eigenvalue weighted by Crippen LogP contribution is -2.33. The molecule has 4 rings (SSSR count). The Hall–Kier alpha value is -2.99. The highest BCUT2D eigenvalue weighted by atomic mass is 16.7. The van der Waals surface area contributed by atoms with Gasteiger partial charge in [0.05, 0.1) is 30.3 Å². The number of benzene rings is 2. The third-order valence-corrected chi connectivity index (χ3v) is 4.39. The summed E-state index contributed by atoms with van der Waals surface area (Å²) in [4.78, 5) is 41.8. The molecule has 0 saturated carbocycles. The van der Waals surface area contributed by atoms with E-state index in [2.05, 4.69) is 0 Å². The van der Waals surface area contributed by atoms with Gasteiger partial charge < -0.3 is 9.57 Å². The molecule has 2 aliphatic rings. The number of imide groups is 1. The minimum Gasteiger partial charge on any atom is -0.373 e. The van der Waals surface area contributed by atoms with Crippen LogP contribution in [0.1, 0.15) is 44.4 Å². The Kier molecular flexibility index (Phi) is 3.82. The number of hydroxylamine groups is 2. The zero-order valence-corrected chi connectivity index (χ0v) is 13.3. The Bertz CT molecular complexity index is 841. The summed E-state index contributed by atoms with van der Waals surface area (Å²) in [6, 6.07) is 14.1. The van der Waals surface area contributed by atoms with Crippen LogP contribution in [0.15, 0.2) is 48.5 Å². The molecular formula is C19H15NO5. The maximum absolute atomic E-state index is 12.3. The van der Waals surface area contributed by atoms with E-state index in [1.165, 1.54) is 12.1 Å². The topological polar surface area (TPSA) is 72.9 Å². The van der Waals surface area contributed by atoms with E-state index in [4.69, 9.17) is 9.57 Å². The third-order valence-electron chi connectivity index (χ3n) is 4.39. The fourth-order valence-corrected chi connectivity index (χ4v) is 3.19. The molecule has 126 valence electrons. The van der Waals surface area contributed by atoms with Crippen LogP contribution in [0.4, 0.5) is 0 Å². The molecule has 2 amide bonds. The van der Waals surface area contributed by atoms with Gasteiger partial charge in [0, 0.05) is 0 Å². The summed E-state index contributed by atoms with van der Waals surface area (Å²) in [6.07, 6.45) is 0.289. The number of amides is 2. The van der Waals surface area contributed by atoms with Crippen molar-refractivity contribution in [2.24, 2.45) is 0 Å². The lowest BCUT2D eigenvalue weighted by atomic mass is 9.96. The number of hydrogen-bond donors (Lipinski definition) is 0. The fourth-order valence-electron chi connectivity index (χ4n) is 3.19. The van der Waals surface area contributed by atoms with Gasteiger partial charge in [-0.15, -0.1) is 0 Å². The van der Waals surface area contributed by atoms with Gasteiger partial charge in [0.1, 0.15) is 0 Å². The average Bonchev–Trinajstić information content (AvgIpc) is 2.87. The van der Waals surface area contributed by atoms with Gasteiger partial charge in [0.15, 0.2) is 0 Å². The van der Waals surface area contributed by atoms with E-state index in [1.807, 2.05) is 24.3 Å². The zero-order valence-electron chi connectivity index (χ0n) is 13.3. The number of nitrogens with zero attached hydrogens (tertiary/aromatic N) is 1. The van der Waals surface area contributed by atoms with Crippen LogP contribution in [0.5, 0.6) is 0 Å². The first-order chi connectivity index (χ1) is 12.1. The number of ether oxygens (including phenoxy) is 1. The van der Waals surface area contributed by atoms with Gasteiger partial charge in [-0.3, -0.25) is 9.59 Å². The molecule has 2 aromatic carbocycles. The van der Waals surface area contributed by atoms with E-state index < -0.39 is 23.9 Å². The summed E-state index contributed by atoms with van der Waals surface area (Å²) in [5.74, 6) is -1.94. The van der Waals surface area contributed by atoms with E-state index >= 15 is 0 Å². The molecule has 1 atom stereocenters. The number of fused-ring (bicyclic) bond motifs is 2. The molecule has 0 fully saturated rings.